The van der Waals surface area contributed by atoms with E-state index in [0.717, 1.165) is 60.3 Å². The molecule has 8 heteroatoms. The van der Waals surface area contributed by atoms with Crippen LogP contribution >= 0.6 is 0 Å². The first-order chi connectivity index (χ1) is 17.0. The average Bonchev–Trinajstić information content (AvgIpc) is 3.23. The number of nitrogens with zero attached hydrogens (tertiary/aromatic N) is 5. The van der Waals surface area contributed by atoms with Gasteiger partial charge in [0.25, 0.3) is 0 Å². The number of carbonyl (C=O) groups is 1. The fourth-order valence-electron chi connectivity index (χ4n) is 4.31. The van der Waals surface area contributed by atoms with Gasteiger partial charge in [0.15, 0.2) is 11.6 Å². The van der Waals surface area contributed by atoms with E-state index in [-0.39, 0.29) is 11.8 Å². The smallest absolute Gasteiger partial charge is 0.227 e. The Morgan fingerprint density at radius 3 is 2.17 bits per heavy atom. The predicted molar refractivity (Wildman–Crippen MR) is 135 cm³/mol. The Labute approximate surface area is 204 Å². The van der Waals surface area contributed by atoms with E-state index in [4.69, 9.17) is 4.74 Å². The molecular formula is C27H28N6O2. The number of nitrogens with one attached hydrogen (secondary N) is 1. The number of aryl methyl sites for hydroxylation is 2. The number of hydrogen-bond acceptors (Lipinski definition) is 6. The van der Waals surface area contributed by atoms with E-state index in [2.05, 4.69) is 25.5 Å². The molecule has 2 aromatic heterocycles. The maximum Gasteiger partial charge on any atom is 0.227 e. The average molecular weight is 469 g/mol. The van der Waals surface area contributed by atoms with Crippen LogP contribution in [-0.2, 0) is 4.79 Å². The van der Waals surface area contributed by atoms with Crippen molar-refractivity contribution in [2.45, 2.75) is 26.7 Å². The number of piperidine rings is 1. The zero-order valence-electron chi connectivity index (χ0n) is 19.9. The second-order valence-electron chi connectivity index (χ2n) is 8.78. The van der Waals surface area contributed by atoms with E-state index in [9.17, 15) is 4.79 Å². The molecule has 0 aliphatic carbocycles. The van der Waals surface area contributed by atoms with Gasteiger partial charge in [0.1, 0.15) is 11.5 Å². The Morgan fingerprint density at radius 2 is 1.54 bits per heavy atom. The van der Waals surface area contributed by atoms with Crippen molar-refractivity contribution in [1.82, 2.24) is 20.0 Å². The number of ether oxygens (including phenoxy) is 1. The highest BCUT2D eigenvalue weighted by molar-refractivity contribution is 5.92. The van der Waals surface area contributed by atoms with Gasteiger partial charge in [0.2, 0.25) is 5.91 Å². The standard InChI is InChI=1S/C27H28N6O2/c1-19-18-20(2)33(31-19)26-13-12-25(29-30-26)32-16-14-21(15-17-32)27(34)28-22-8-10-24(11-9-22)35-23-6-4-3-5-7-23/h3-13,18,21H,14-17H2,1-2H3,(H,28,34). The molecule has 0 spiro atoms. The van der Waals surface area contributed by atoms with Crippen LogP contribution in [0.5, 0.6) is 11.5 Å². The number of amides is 1. The van der Waals surface area contributed by atoms with Crippen molar-refractivity contribution in [3.8, 4) is 17.3 Å². The van der Waals surface area contributed by atoms with Crippen molar-refractivity contribution in [2.24, 2.45) is 5.92 Å². The van der Waals surface area contributed by atoms with Gasteiger partial charge in [0.05, 0.1) is 5.69 Å². The molecule has 178 valence electrons. The molecule has 1 amide bonds. The lowest BCUT2D eigenvalue weighted by atomic mass is 9.96. The van der Waals surface area contributed by atoms with Gasteiger partial charge in [0, 0.05) is 30.4 Å². The SMILES string of the molecule is Cc1cc(C)n(-c2ccc(N3CCC(C(=O)Nc4ccc(Oc5ccccc5)cc4)CC3)nn2)n1. The molecule has 3 heterocycles. The molecule has 35 heavy (non-hydrogen) atoms. The normalized spacial score (nSPS) is 14.1. The first kappa shape index (κ1) is 22.6. The van der Waals surface area contributed by atoms with Crippen molar-refractivity contribution in [3.63, 3.8) is 0 Å². The first-order valence-electron chi connectivity index (χ1n) is 11.8. The number of benzene rings is 2. The van der Waals surface area contributed by atoms with Gasteiger partial charge >= 0.3 is 0 Å². The minimum absolute atomic E-state index is 0.0339. The van der Waals surface area contributed by atoms with E-state index in [1.807, 2.05) is 86.6 Å². The van der Waals surface area contributed by atoms with Crippen molar-refractivity contribution in [3.05, 3.63) is 84.2 Å². The van der Waals surface area contributed by atoms with Gasteiger partial charge in [-0.1, -0.05) is 18.2 Å². The second-order valence-corrected chi connectivity index (χ2v) is 8.78. The van der Waals surface area contributed by atoms with Gasteiger partial charge in [-0.25, -0.2) is 4.68 Å². The van der Waals surface area contributed by atoms with Crippen LogP contribution in [0, 0.1) is 19.8 Å². The van der Waals surface area contributed by atoms with Gasteiger partial charge in [-0.15, -0.1) is 10.2 Å². The molecule has 0 unspecified atom stereocenters. The topological polar surface area (TPSA) is 85.2 Å². The number of rotatable bonds is 6. The van der Waals surface area contributed by atoms with Crippen LogP contribution in [0.25, 0.3) is 5.82 Å². The Balaban J connectivity index is 1.13. The quantitative estimate of drug-likeness (QED) is 0.432. The summed E-state index contributed by atoms with van der Waals surface area (Å²) in [6.45, 7) is 5.48. The molecule has 1 saturated heterocycles. The Bertz CT molecular complexity index is 1280. The molecule has 1 aliphatic heterocycles. The summed E-state index contributed by atoms with van der Waals surface area (Å²) in [4.78, 5) is 15.0. The first-order valence-corrected chi connectivity index (χ1v) is 11.8. The molecular weight excluding hydrogens is 440 g/mol. The van der Waals surface area contributed by atoms with E-state index in [1.165, 1.54) is 0 Å². The molecule has 0 radical (unpaired) electrons. The van der Waals surface area contributed by atoms with E-state index >= 15 is 0 Å². The van der Waals surface area contributed by atoms with Crippen molar-refractivity contribution < 1.29 is 9.53 Å². The number of anilines is 2. The number of carbonyl (C=O) groups excluding carboxylic acids is 1. The van der Waals surface area contributed by atoms with E-state index in [0.29, 0.717) is 5.82 Å². The van der Waals surface area contributed by atoms with Gasteiger partial charge in [-0.3, -0.25) is 4.79 Å². The molecule has 1 fully saturated rings. The summed E-state index contributed by atoms with van der Waals surface area (Å²) in [5, 5.41) is 16.3. The zero-order valence-corrected chi connectivity index (χ0v) is 19.9. The van der Waals surface area contributed by atoms with Crippen LogP contribution in [0.3, 0.4) is 0 Å². The van der Waals surface area contributed by atoms with Crippen LogP contribution in [0.15, 0.2) is 72.8 Å². The Hall–Kier alpha value is -4.20. The molecule has 1 N–H and O–H groups in total. The second kappa shape index (κ2) is 9.97. The van der Waals surface area contributed by atoms with Crippen molar-refractivity contribution in [2.75, 3.05) is 23.3 Å². The molecule has 8 nitrogen and oxygen atoms in total. The van der Waals surface area contributed by atoms with Crippen LogP contribution < -0.4 is 15.0 Å². The van der Waals surface area contributed by atoms with Gasteiger partial charge in [-0.2, -0.15) is 5.10 Å². The summed E-state index contributed by atoms with van der Waals surface area (Å²) in [6, 6.07) is 23.0. The minimum Gasteiger partial charge on any atom is -0.457 e. The monoisotopic (exact) mass is 468 g/mol. The predicted octanol–water partition coefficient (Wildman–Crippen LogP) is 4.93. The molecule has 0 bridgehead atoms. The number of aromatic nitrogens is 4. The summed E-state index contributed by atoms with van der Waals surface area (Å²) in [7, 11) is 0. The lowest BCUT2D eigenvalue weighted by molar-refractivity contribution is -0.120. The van der Waals surface area contributed by atoms with Crippen molar-refractivity contribution >= 4 is 17.4 Å². The summed E-state index contributed by atoms with van der Waals surface area (Å²) in [5.41, 5.74) is 2.74. The lowest BCUT2D eigenvalue weighted by Gasteiger charge is -2.31. The molecule has 2 aromatic carbocycles. The third-order valence-electron chi connectivity index (χ3n) is 6.15. The fourth-order valence-corrected chi connectivity index (χ4v) is 4.31. The number of hydrogen-bond donors (Lipinski definition) is 1. The summed E-state index contributed by atoms with van der Waals surface area (Å²) in [6.07, 6.45) is 1.53. The fraction of sp³-hybridized carbons (Fsp3) is 0.259. The maximum absolute atomic E-state index is 12.8. The third kappa shape index (κ3) is 5.32. The molecule has 5 rings (SSSR count). The Kier molecular flexibility index (Phi) is 6.43. The molecule has 0 saturated carbocycles. The van der Waals surface area contributed by atoms with E-state index in [1.54, 1.807) is 4.68 Å². The minimum atomic E-state index is -0.0339. The van der Waals surface area contributed by atoms with Crippen molar-refractivity contribution in [1.29, 1.82) is 0 Å². The van der Waals surface area contributed by atoms with Crippen LogP contribution in [0.2, 0.25) is 0 Å². The summed E-state index contributed by atoms with van der Waals surface area (Å²) in [5.74, 6) is 3.05. The van der Waals surface area contributed by atoms with Crippen LogP contribution in [0.1, 0.15) is 24.2 Å². The van der Waals surface area contributed by atoms with Gasteiger partial charge in [-0.05, 0) is 81.3 Å². The number of para-hydroxylation sites is 1. The highest BCUT2D eigenvalue weighted by Gasteiger charge is 2.26. The lowest BCUT2D eigenvalue weighted by Crippen LogP contribution is -2.38. The highest BCUT2D eigenvalue weighted by atomic mass is 16.5. The summed E-state index contributed by atoms with van der Waals surface area (Å²) >= 11 is 0. The highest BCUT2D eigenvalue weighted by Crippen LogP contribution is 2.25. The zero-order chi connectivity index (χ0) is 24.2. The molecule has 1 aliphatic rings. The molecule has 0 atom stereocenters. The Morgan fingerprint density at radius 1 is 0.886 bits per heavy atom. The van der Waals surface area contributed by atoms with Crippen LogP contribution in [-0.4, -0.2) is 39.0 Å². The maximum atomic E-state index is 12.8. The largest absolute Gasteiger partial charge is 0.457 e. The molecule has 4 aromatic rings. The van der Waals surface area contributed by atoms with E-state index < -0.39 is 0 Å². The third-order valence-corrected chi connectivity index (χ3v) is 6.15. The van der Waals surface area contributed by atoms with Crippen LogP contribution in [0.4, 0.5) is 11.5 Å². The summed E-state index contributed by atoms with van der Waals surface area (Å²) < 4.78 is 7.61. The van der Waals surface area contributed by atoms with Gasteiger partial charge < -0.3 is 15.0 Å².